The summed E-state index contributed by atoms with van der Waals surface area (Å²) in [5, 5.41) is 45.1. The number of ether oxygens (including phenoxy) is 4. The summed E-state index contributed by atoms with van der Waals surface area (Å²) in [6.07, 6.45) is 3.56. The van der Waals surface area contributed by atoms with E-state index in [1.165, 1.54) is 60.2 Å². The van der Waals surface area contributed by atoms with Crippen molar-refractivity contribution in [3.8, 4) is 124 Å². The Kier molecular flexibility index (Phi) is 17.0. The second kappa shape index (κ2) is 25.0. The number of aryl methyl sites for hydroxylation is 2. The number of halogens is 4. The highest BCUT2D eigenvalue weighted by Gasteiger charge is 2.39. The number of hydrogen-bond donors (Lipinski definition) is 5. The molecule has 5 heterocycles. The number of imidazole rings is 1. The number of nitrogens with one attached hydrogen (secondary N) is 1. The molecule has 494 valence electrons. The van der Waals surface area contributed by atoms with Gasteiger partial charge in [-0.2, -0.15) is 0 Å². The molecule has 0 radical (unpaired) electrons. The second-order valence-corrected chi connectivity index (χ2v) is 27.0. The first-order valence-corrected chi connectivity index (χ1v) is 31.7. The molecule has 1 aromatic heterocycles. The molecule has 0 saturated carbocycles. The van der Waals surface area contributed by atoms with Gasteiger partial charge in [-0.05, 0) is 218 Å². The van der Waals surface area contributed by atoms with Crippen LogP contribution in [-0.2, 0) is 29.5 Å². The highest BCUT2D eigenvalue weighted by atomic mass is 19.1. The van der Waals surface area contributed by atoms with Gasteiger partial charge in [-0.1, -0.05) is 84.4 Å². The summed E-state index contributed by atoms with van der Waals surface area (Å²) in [5.41, 5.74) is 12.1. The van der Waals surface area contributed by atoms with Crippen molar-refractivity contribution < 1.29 is 61.7 Å². The lowest BCUT2D eigenvalue weighted by atomic mass is 9.85. The Morgan fingerprint density at radius 2 is 0.773 bits per heavy atom. The number of amides is 1. The number of carbonyl (C=O) groups excluding carboxylic acids is 1. The number of rotatable bonds is 5. The molecule has 5 N–H and O–H groups in total. The van der Waals surface area contributed by atoms with Crippen LogP contribution in [0.5, 0.6) is 46.0 Å². The number of fused-ring (bicyclic) bond motifs is 12. The van der Waals surface area contributed by atoms with Crippen molar-refractivity contribution >= 4 is 5.91 Å². The number of phenols is 4. The first-order chi connectivity index (χ1) is 45.8. The number of aromatic hydroxyl groups is 4. The fraction of sp³-hybridized carbons (Fsp3) is 0.210. The van der Waals surface area contributed by atoms with Gasteiger partial charge in [-0.25, -0.2) is 22.5 Å². The van der Waals surface area contributed by atoms with Crippen LogP contribution in [0.4, 0.5) is 17.6 Å². The molecule has 1 amide bonds. The zero-order chi connectivity index (χ0) is 69.4. The highest BCUT2D eigenvalue weighted by molar-refractivity contribution is 5.98. The average Bonchev–Trinajstić information content (AvgIpc) is 0.979. The van der Waals surface area contributed by atoms with E-state index in [1.54, 1.807) is 54.9 Å². The van der Waals surface area contributed by atoms with Gasteiger partial charge in [0, 0.05) is 52.7 Å². The minimum Gasteiger partial charge on any atom is -0.507 e. The quantitative estimate of drug-likeness (QED) is 0.105. The lowest BCUT2D eigenvalue weighted by Crippen LogP contribution is -2.31. The minimum absolute atomic E-state index is 0.0251. The Hall–Kier alpha value is -11.0. The molecule has 16 heteroatoms. The third kappa shape index (κ3) is 13.0. The van der Waals surface area contributed by atoms with Gasteiger partial charge in [0.25, 0.3) is 5.91 Å². The third-order valence-corrected chi connectivity index (χ3v) is 17.6. The van der Waals surface area contributed by atoms with Crippen molar-refractivity contribution in [1.29, 1.82) is 0 Å². The lowest BCUT2D eigenvalue weighted by molar-refractivity contribution is 0.0932. The van der Waals surface area contributed by atoms with Crippen LogP contribution < -0.4 is 24.3 Å². The lowest BCUT2D eigenvalue weighted by Gasteiger charge is -2.35. The summed E-state index contributed by atoms with van der Waals surface area (Å²) in [4.78, 5) is 16.5. The summed E-state index contributed by atoms with van der Waals surface area (Å²) in [6.45, 7) is 21.1. The van der Waals surface area contributed by atoms with Crippen molar-refractivity contribution in [3.63, 3.8) is 0 Å². The SMILES string of the molecule is CC(C)NC(=O)c1cc(O)c2c(c1)OC(C)(C)c1ccc(F)cc1-2.CC1(C)Oc2cc(-c3ccccc3)cc(O)c2-c2cc(F)ccc21.Cc1ccc(-c2cc(O)c3c(c2)OC(C)(C)c2ccc(F)cc2-3)cc1.Cn1cnc(-c2cc(O)c3c(c2)OC(C)(C)c2ccc(F)cc2-3)c1. The summed E-state index contributed by atoms with van der Waals surface area (Å²) >= 11 is 0. The maximum absolute atomic E-state index is 13.8. The van der Waals surface area contributed by atoms with E-state index in [-0.39, 0.29) is 52.4 Å². The van der Waals surface area contributed by atoms with E-state index in [0.717, 1.165) is 55.8 Å². The van der Waals surface area contributed by atoms with E-state index in [4.69, 9.17) is 18.9 Å². The van der Waals surface area contributed by atoms with Gasteiger partial charge in [0.05, 0.1) is 34.3 Å². The number of nitrogens with zero attached hydrogens (tertiary/aromatic N) is 2. The van der Waals surface area contributed by atoms with Crippen molar-refractivity contribution in [2.24, 2.45) is 7.05 Å². The Morgan fingerprint density at radius 1 is 0.433 bits per heavy atom. The normalized spacial score (nSPS) is 14.5. The van der Waals surface area contributed by atoms with Crippen LogP contribution in [0.1, 0.15) is 107 Å². The van der Waals surface area contributed by atoms with Gasteiger partial charge in [0.1, 0.15) is 91.7 Å². The zero-order valence-electron chi connectivity index (χ0n) is 55.7. The molecule has 4 aliphatic heterocycles. The number of hydrogen-bond acceptors (Lipinski definition) is 10. The molecule has 0 saturated heterocycles. The van der Waals surface area contributed by atoms with E-state index >= 15 is 0 Å². The van der Waals surface area contributed by atoms with E-state index in [0.29, 0.717) is 73.1 Å². The monoisotopic (exact) mass is 1310 g/mol. The molecule has 97 heavy (non-hydrogen) atoms. The first kappa shape index (κ1) is 66.0. The second-order valence-electron chi connectivity index (χ2n) is 27.0. The molecule has 4 aliphatic rings. The summed E-state index contributed by atoms with van der Waals surface area (Å²) in [7, 11) is 1.88. The number of benzene rings is 10. The maximum atomic E-state index is 13.8. The first-order valence-electron chi connectivity index (χ1n) is 31.7. The molecule has 0 aliphatic carbocycles. The van der Waals surface area contributed by atoms with Gasteiger partial charge >= 0.3 is 0 Å². The molecule has 15 rings (SSSR count). The Morgan fingerprint density at radius 3 is 1.13 bits per heavy atom. The van der Waals surface area contributed by atoms with Crippen molar-refractivity contribution in [2.75, 3.05) is 0 Å². The van der Waals surface area contributed by atoms with Crippen LogP contribution >= 0.6 is 0 Å². The van der Waals surface area contributed by atoms with Gasteiger partial charge in [-0.15, -0.1) is 0 Å². The number of phenolic OH excluding ortho intramolecular Hbond substituents is 4. The average molecular weight is 1310 g/mol. The molecule has 0 unspecified atom stereocenters. The molecular formula is C81H73F4N3O9. The molecule has 12 nitrogen and oxygen atoms in total. The number of carbonyl (C=O) groups is 1. The predicted molar refractivity (Wildman–Crippen MR) is 369 cm³/mol. The van der Waals surface area contributed by atoms with E-state index in [1.807, 2.05) is 167 Å². The van der Waals surface area contributed by atoms with Crippen LogP contribution in [0, 0.1) is 30.2 Å². The van der Waals surface area contributed by atoms with E-state index in [2.05, 4.69) is 10.3 Å². The van der Waals surface area contributed by atoms with Gasteiger partial charge in [0.2, 0.25) is 0 Å². The molecule has 0 atom stereocenters. The van der Waals surface area contributed by atoms with E-state index in [9.17, 15) is 42.8 Å². The molecule has 0 bridgehead atoms. The molecule has 0 spiro atoms. The maximum Gasteiger partial charge on any atom is 0.251 e. The third-order valence-electron chi connectivity index (χ3n) is 17.6. The topological polar surface area (TPSA) is 165 Å². The summed E-state index contributed by atoms with van der Waals surface area (Å²) < 4.78 is 81.4. The van der Waals surface area contributed by atoms with Gasteiger partial charge in [0.15, 0.2) is 0 Å². The van der Waals surface area contributed by atoms with Crippen LogP contribution in [0.25, 0.3) is 78.0 Å². The highest BCUT2D eigenvalue weighted by Crippen LogP contribution is 2.55. The van der Waals surface area contributed by atoms with Crippen molar-refractivity contribution in [3.05, 3.63) is 245 Å². The zero-order valence-corrected chi connectivity index (χ0v) is 55.7. The fourth-order valence-corrected chi connectivity index (χ4v) is 13.0. The predicted octanol–water partition coefficient (Wildman–Crippen LogP) is 19.5. The van der Waals surface area contributed by atoms with Gasteiger partial charge < -0.3 is 49.3 Å². The molecule has 10 aromatic carbocycles. The summed E-state index contributed by atoms with van der Waals surface area (Å²) in [6, 6.07) is 49.7. The summed E-state index contributed by atoms with van der Waals surface area (Å²) in [5.74, 6) is 0.469. The largest absolute Gasteiger partial charge is 0.507 e. The fourth-order valence-electron chi connectivity index (χ4n) is 13.0. The van der Waals surface area contributed by atoms with Crippen LogP contribution in [0.2, 0.25) is 0 Å². The number of aromatic nitrogens is 2. The Bertz CT molecular complexity index is 4920. The molecular weight excluding hydrogens is 1230 g/mol. The van der Waals surface area contributed by atoms with Crippen LogP contribution in [0.3, 0.4) is 0 Å². The standard InChI is InChI=1S/C22H19FO2.C21H17FO2.C19H17FN2O2.C19H20FNO3/c1-13-4-6-14(7-5-13)15-10-19(24)21-17-12-16(23)8-9-18(17)22(2,3)25-20(21)11-15;1-21(2)17-9-8-15(22)12-16(17)20-18(23)10-14(11-19(20)24-21)13-6-4-3-5-7-13;1-19(2)14-5-4-12(20)8-13(14)18-16(23)6-11(7-17(18)24-19)15-9-22(3)10-21-15;1-10(2)21-18(23)11-7-15(22)17-13-9-12(20)5-6-14(13)19(3,4)24-16(17)8-11/h4-12,24H,1-3H3;3-12,23H,1-2H3;4-10,23H,1-3H3;5-10,22H,1-4H3,(H,21,23). The van der Waals surface area contributed by atoms with Crippen LogP contribution in [-0.4, -0.2) is 41.9 Å². The Balaban J connectivity index is 0.000000123. The Labute approximate surface area is 560 Å². The minimum atomic E-state index is -0.699. The van der Waals surface area contributed by atoms with E-state index < -0.39 is 28.2 Å². The van der Waals surface area contributed by atoms with Crippen LogP contribution in [0.15, 0.2) is 188 Å². The smallest absolute Gasteiger partial charge is 0.251 e. The molecule has 11 aromatic rings. The van der Waals surface area contributed by atoms with Gasteiger partial charge in [-0.3, -0.25) is 4.79 Å². The van der Waals surface area contributed by atoms with Crippen molar-refractivity contribution in [1.82, 2.24) is 14.9 Å². The van der Waals surface area contributed by atoms with Crippen molar-refractivity contribution in [2.45, 2.75) is 105 Å². The molecule has 0 fully saturated rings.